The molecule has 3 heterocycles. The molecule has 3 rings (SSSR count). The minimum atomic E-state index is 0.183. The van der Waals surface area contributed by atoms with E-state index in [1.807, 2.05) is 0 Å². The highest BCUT2D eigenvalue weighted by Crippen LogP contribution is 2.27. The number of nitrogens with two attached hydrogens (primary N) is 1. The van der Waals surface area contributed by atoms with Crippen LogP contribution in [0.25, 0.3) is 11.2 Å². The van der Waals surface area contributed by atoms with Gasteiger partial charge in [-0.3, -0.25) is 0 Å². The Balaban J connectivity index is 2.08. The Kier molecular flexibility index (Phi) is 2.33. The molecule has 3 N–H and O–H groups in total. The van der Waals surface area contributed by atoms with Crippen LogP contribution in [0.2, 0.25) is 0 Å². The maximum absolute atomic E-state index is 5.61. The van der Waals surface area contributed by atoms with Gasteiger partial charge < -0.3 is 10.7 Å². The number of hydrogen-bond acceptors (Lipinski definition) is 7. The largest absolute Gasteiger partial charge is 0.368 e. The second kappa shape index (κ2) is 3.98. The lowest BCUT2D eigenvalue weighted by Crippen LogP contribution is -1.97. The average Bonchev–Trinajstić information content (AvgIpc) is 2.78. The monoisotopic (exact) mass is 245 g/mol. The molecule has 7 nitrogen and oxygen atoms in total. The summed E-state index contributed by atoms with van der Waals surface area (Å²) >= 11 is 1.31. The van der Waals surface area contributed by atoms with Crippen LogP contribution in [-0.4, -0.2) is 29.9 Å². The molecule has 0 spiro atoms. The Morgan fingerprint density at radius 3 is 2.76 bits per heavy atom. The highest BCUT2D eigenvalue weighted by atomic mass is 32.2. The molecule has 0 atom stereocenters. The van der Waals surface area contributed by atoms with E-state index < -0.39 is 0 Å². The van der Waals surface area contributed by atoms with Crippen molar-refractivity contribution in [2.75, 3.05) is 5.73 Å². The first-order chi connectivity index (χ1) is 8.33. The molecule has 17 heavy (non-hydrogen) atoms. The Morgan fingerprint density at radius 1 is 1.12 bits per heavy atom. The number of nitrogen functional groups attached to an aromatic ring is 1. The molecule has 0 aliphatic carbocycles. The van der Waals surface area contributed by atoms with Crippen molar-refractivity contribution in [3.63, 3.8) is 0 Å². The summed E-state index contributed by atoms with van der Waals surface area (Å²) in [6.45, 7) is 0. The van der Waals surface area contributed by atoms with Gasteiger partial charge in [0.1, 0.15) is 10.5 Å². The molecule has 0 bridgehead atoms. The van der Waals surface area contributed by atoms with E-state index in [0.29, 0.717) is 15.8 Å². The van der Waals surface area contributed by atoms with Crippen molar-refractivity contribution in [3.05, 3.63) is 24.8 Å². The molecule has 0 unspecified atom stereocenters. The van der Waals surface area contributed by atoms with Crippen LogP contribution in [0.1, 0.15) is 0 Å². The maximum Gasteiger partial charge on any atom is 0.223 e. The van der Waals surface area contributed by atoms with Crippen LogP contribution in [0.15, 0.2) is 35.0 Å². The third-order valence-corrected chi connectivity index (χ3v) is 2.88. The zero-order chi connectivity index (χ0) is 11.7. The molecule has 0 saturated heterocycles. The first kappa shape index (κ1) is 9.97. The van der Waals surface area contributed by atoms with Gasteiger partial charge in [0.2, 0.25) is 5.95 Å². The normalized spacial score (nSPS) is 10.8. The summed E-state index contributed by atoms with van der Waals surface area (Å²) in [6, 6.07) is 1.75. The van der Waals surface area contributed by atoms with Gasteiger partial charge in [-0.15, -0.1) is 0 Å². The number of H-pyrrole nitrogens is 1. The molecule has 3 aromatic heterocycles. The summed E-state index contributed by atoms with van der Waals surface area (Å²) in [6.07, 6.45) is 4.89. The van der Waals surface area contributed by atoms with Crippen LogP contribution < -0.4 is 5.73 Å². The van der Waals surface area contributed by atoms with Crippen LogP contribution in [0, 0.1) is 0 Å². The van der Waals surface area contributed by atoms with Crippen molar-refractivity contribution < 1.29 is 0 Å². The second-order valence-electron chi connectivity index (χ2n) is 3.12. The van der Waals surface area contributed by atoms with E-state index in [4.69, 9.17) is 5.73 Å². The smallest absolute Gasteiger partial charge is 0.223 e. The van der Waals surface area contributed by atoms with Crippen LogP contribution in [-0.2, 0) is 0 Å². The molecule has 0 amide bonds. The molecule has 3 aromatic rings. The fourth-order valence-corrected chi connectivity index (χ4v) is 2.11. The maximum atomic E-state index is 5.61. The van der Waals surface area contributed by atoms with Crippen LogP contribution in [0.3, 0.4) is 0 Å². The third kappa shape index (κ3) is 1.89. The zero-order valence-corrected chi connectivity index (χ0v) is 9.35. The quantitative estimate of drug-likeness (QED) is 0.509. The molecule has 0 radical (unpaired) electrons. The Morgan fingerprint density at radius 2 is 1.94 bits per heavy atom. The van der Waals surface area contributed by atoms with Gasteiger partial charge in [-0.2, -0.15) is 4.98 Å². The van der Waals surface area contributed by atoms with Crippen molar-refractivity contribution in [2.45, 2.75) is 10.2 Å². The Bertz CT molecular complexity index is 651. The van der Waals surface area contributed by atoms with Gasteiger partial charge in [0.25, 0.3) is 0 Å². The zero-order valence-electron chi connectivity index (χ0n) is 8.53. The first-order valence-electron chi connectivity index (χ1n) is 4.74. The molecule has 0 fully saturated rings. The minimum absolute atomic E-state index is 0.183. The summed E-state index contributed by atoms with van der Waals surface area (Å²) in [5, 5.41) is 1.26. The summed E-state index contributed by atoms with van der Waals surface area (Å²) in [4.78, 5) is 23.4. The van der Waals surface area contributed by atoms with Gasteiger partial charge in [0.05, 0.1) is 6.33 Å². The highest BCUT2D eigenvalue weighted by molar-refractivity contribution is 7.99. The van der Waals surface area contributed by atoms with E-state index in [-0.39, 0.29) is 5.95 Å². The van der Waals surface area contributed by atoms with E-state index in [9.17, 15) is 0 Å². The Labute approximate surface area is 99.9 Å². The minimum Gasteiger partial charge on any atom is -0.368 e. The van der Waals surface area contributed by atoms with Gasteiger partial charge >= 0.3 is 0 Å². The number of aromatic amines is 1. The van der Waals surface area contributed by atoms with Gasteiger partial charge in [-0.1, -0.05) is 0 Å². The number of nitrogens with one attached hydrogen (secondary N) is 1. The van der Waals surface area contributed by atoms with Crippen LogP contribution in [0.5, 0.6) is 0 Å². The molecule has 8 heteroatoms. The predicted molar refractivity (Wildman–Crippen MR) is 62.3 cm³/mol. The number of rotatable bonds is 2. The fraction of sp³-hybridized carbons (Fsp3) is 0. The standard InChI is InChI=1S/C9H7N7S/c10-8-15-6-5(13-4-14-6)7(16-8)17-9-11-2-1-3-12-9/h1-4H,(H3,10,13,14,15,16). The van der Waals surface area contributed by atoms with E-state index in [2.05, 4.69) is 29.9 Å². The number of imidazole rings is 1. The number of aromatic nitrogens is 6. The molecule has 0 aliphatic rings. The van der Waals surface area contributed by atoms with Crippen molar-refractivity contribution >= 4 is 28.9 Å². The lowest BCUT2D eigenvalue weighted by molar-refractivity contribution is 0.961. The summed E-state index contributed by atoms with van der Waals surface area (Å²) in [7, 11) is 0. The van der Waals surface area contributed by atoms with Crippen molar-refractivity contribution in [1.82, 2.24) is 29.9 Å². The third-order valence-electron chi connectivity index (χ3n) is 2.00. The van der Waals surface area contributed by atoms with Crippen molar-refractivity contribution in [1.29, 1.82) is 0 Å². The van der Waals surface area contributed by atoms with E-state index in [1.54, 1.807) is 24.8 Å². The molecule has 84 valence electrons. The average molecular weight is 245 g/mol. The summed E-state index contributed by atoms with van der Waals surface area (Å²) < 4.78 is 0. The van der Waals surface area contributed by atoms with E-state index >= 15 is 0 Å². The molecule has 0 aliphatic heterocycles. The van der Waals surface area contributed by atoms with Gasteiger partial charge in [-0.25, -0.2) is 19.9 Å². The molecule has 0 aromatic carbocycles. The number of anilines is 1. The SMILES string of the molecule is Nc1nc(Sc2ncccn2)c2[nH]cnc2n1. The van der Waals surface area contributed by atoms with E-state index in [0.717, 1.165) is 5.52 Å². The van der Waals surface area contributed by atoms with Gasteiger partial charge in [-0.05, 0) is 17.8 Å². The number of fused-ring (bicyclic) bond motifs is 1. The Hall–Kier alpha value is -2.22. The van der Waals surface area contributed by atoms with E-state index in [1.165, 1.54) is 11.8 Å². The van der Waals surface area contributed by atoms with Gasteiger partial charge in [0.15, 0.2) is 10.8 Å². The fourth-order valence-electron chi connectivity index (χ4n) is 1.32. The predicted octanol–water partition coefficient (Wildman–Crippen LogP) is 0.876. The van der Waals surface area contributed by atoms with Gasteiger partial charge in [0, 0.05) is 12.4 Å². The molecular formula is C9H7N7S. The number of nitrogens with zero attached hydrogens (tertiary/aromatic N) is 5. The lowest BCUT2D eigenvalue weighted by Gasteiger charge is -2.00. The first-order valence-corrected chi connectivity index (χ1v) is 5.56. The van der Waals surface area contributed by atoms with Crippen LogP contribution >= 0.6 is 11.8 Å². The molecule has 0 saturated carbocycles. The topological polar surface area (TPSA) is 106 Å². The van der Waals surface area contributed by atoms with Crippen LogP contribution in [0.4, 0.5) is 5.95 Å². The lowest BCUT2D eigenvalue weighted by atomic mass is 10.5. The molecular weight excluding hydrogens is 238 g/mol. The number of hydrogen-bond donors (Lipinski definition) is 2. The second-order valence-corrected chi connectivity index (χ2v) is 4.08. The van der Waals surface area contributed by atoms with Crippen molar-refractivity contribution in [2.24, 2.45) is 0 Å². The highest BCUT2D eigenvalue weighted by Gasteiger charge is 2.10. The summed E-state index contributed by atoms with van der Waals surface area (Å²) in [5.41, 5.74) is 6.88. The summed E-state index contributed by atoms with van der Waals surface area (Å²) in [5.74, 6) is 0.183. The van der Waals surface area contributed by atoms with Crippen molar-refractivity contribution in [3.8, 4) is 0 Å².